The lowest BCUT2D eigenvalue weighted by atomic mass is 10.1. The minimum Gasteiger partial charge on any atom is -0.387 e. The van der Waals surface area contributed by atoms with E-state index >= 15 is 0 Å². The molecule has 0 aliphatic rings. The van der Waals surface area contributed by atoms with Crippen molar-refractivity contribution in [2.24, 2.45) is 0 Å². The highest BCUT2D eigenvalue weighted by Gasteiger charge is 2.09. The standard InChI is InChI=1S/C15H12ClFN2O/c16-12-5-6-13(17)14(7-12)19-9-15(20)11-3-1-10(8-18)2-4-11/h1-7,15,19-20H,9H2. The molecule has 1 unspecified atom stereocenters. The number of aliphatic hydroxyl groups excluding tert-OH is 1. The molecular weight excluding hydrogens is 279 g/mol. The SMILES string of the molecule is N#Cc1ccc(C(O)CNc2cc(Cl)ccc2F)cc1. The van der Waals surface area contributed by atoms with Gasteiger partial charge in [0.15, 0.2) is 0 Å². The van der Waals surface area contributed by atoms with Gasteiger partial charge in [0, 0.05) is 11.6 Å². The predicted octanol–water partition coefficient (Wildman–Crippen LogP) is 3.50. The number of rotatable bonds is 4. The second-order valence-electron chi connectivity index (χ2n) is 4.25. The molecule has 0 aliphatic heterocycles. The van der Waals surface area contributed by atoms with Crippen LogP contribution in [0.15, 0.2) is 42.5 Å². The minimum absolute atomic E-state index is 0.142. The first-order valence-electron chi connectivity index (χ1n) is 5.97. The number of anilines is 1. The smallest absolute Gasteiger partial charge is 0.146 e. The highest BCUT2D eigenvalue weighted by molar-refractivity contribution is 6.30. The van der Waals surface area contributed by atoms with E-state index in [0.717, 1.165) is 0 Å². The molecule has 0 amide bonds. The summed E-state index contributed by atoms with van der Waals surface area (Å²) in [5.74, 6) is -0.429. The van der Waals surface area contributed by atoms with Gasteiger partial charge >= 0.3 is 0 Å². The van der Waals surface area contributed by atoms with Gasteiger partial charge in [-0.25, -0.2) is 4.39 Å². The molecule has 0 saturated heterocycles. The van der Waals surface area contributed by atoms with Crippen LogP contribution >= 0.6 is 11.6 Å². The molecule has 3 nitrogen and oxygen atoms in total. The molecule has 0 radical (unpaired) electrons. The lowest BCUT2D eigenvalue weighted by Gasteiger charge is -2.14. The van der Waals surface area contributed by atoms with Crippen LogP contribution in [0.1, 0.15) is 17.2 Å². The highest BCUT2D eigenvalue weighted by Crippen LogP contribution is 2.21. The van der Waals surface area contributed by atoms with Crippen LogP contribution in [0, 0.1) is 17.1 Å². The predicted molar refractivity (Wildman–Crippen MR) is 76.0 cm³/mol. The Hall–Kier alpha value is -2.09. The Balaban J connectivity index is 2.02. The van der Waals surface area contributed by atoms with Crippen LogP contribution in [0.3, 0.4) is 0 Å². The van der Waals surface area contributed by atoms with Crippen molar-refractivity contribution in [3.8, 4) is 6.07 Å². The zero-order valence-corrected chi connectivity index (χ0v) is 11.2. The highest BCUT2D eigenvalue weighted by atomic mass is 35.5. The first-order chi connectivity index (χ1) is 9.60. The molecule has 0 aromatic heterocycles. The van der Waals surface area contributed by atoms with Crippen molar-refractivity contribution in [3.05, 3.63) is 64.4 Å². The Labute approximate surface area is 121 Å². The van der Waals surface area contributed by atoms with Crippen molar-refractivity contribution in [3.63, 3.8) is 0 Å². The summed E-state index contributed by atoms with van der Waals surface area (Å²) in [4.78, 5) is 0. The Morgan fingerprint density at radius 3 is 2.60 bits per heavy atom. The summed E-state index contributed by atoms with van der Waals surface area (Å²) in [6.45, 7) is 0.142. The van der Waals surface area contributed by atoms with Gasteiger partial charge in [0.05, 0.1) is 23.4 Å². The summed E-state index contributed by atoms with van der Waals surface area (Å²) < 4.78 is 13.5. The molecule has 20 heavy (non-hydrogen) atoms. The summed E-state index contributed by atoms with van der Waals surface area (Å²) in [7, 11) is 0. The van der Waals surface area contributed by atoms with E-state index in [2.05, 4.69) is 5.32 Å². The third kappa shape index (κ3) is 3.47. The second-order valence-corrected chi connectivity index (χ2v) is 4.69. The maximum Gasteiger partial charge on any atom is 0.146 e. The molecule has 0 aliphatic carbocycles. The van der Waals surface area contributed by atoms with Crippen LogP contribution in [0.2, 0.25) is 5.02 Å². The van der Waals surface area contributed by atoms with Crippen molar-refractivity contribution < 1.29 is 9.50 Å². The summed E-state index contributed by atoms with van der Waals surface area (Å²) in [5.41, 5.74) is 1.42. The maximum atomic E-state index is 13.5. The molecule has 102 valence electrons. The van der Waals surface area contributed by atoms with Crippen LogP contribution < -0.4 is 5.32 Å². The van der Waals surface area contributed by atoms with Crippen molar-refractivity contribution >= 4 is 17.3 Å². The summed E-state index contributed by atoms with van der Waals surface area (Å²) in [6, 6.07) is 12.8. The molecule has 2 aromatic rings. The Bertz CT molecular complexity index is 637. The fraction of sp³-hybridized carbons (Fsp3) is 0.133. The van der Waals surface area contributed by atoms with E-state index in [0.29, 0.717) is 16.1 Å². The minimum atomic E-state index is -0.805. The van der Waals surface area contributed by atoms with E-state index in [4.69, 9.17) is 16.9 Å². The number of nitrogens with zero attached hydrogens (tertiary/aromatic N) is 1. The first kappa shape index (κ1) is 14.3. The van der Waals surface area contributed by atoms with Gasteiger partial charge in [-0.05, 0) is 35.9 Å². The molecular formula is C15H12ClFN2O. The molecule has 0 spiro atoms. The number of hydrogen-bond donors (Lipinski definition) is 2. The number of hydrogen-bond acceptors (Lipinski definition) is 3. The summed E-state index contributed by atoms with van der Waals surface area (Å²) >= 11 is 5.78. The van der Waals surface area contributed by atoms with Crippen LogP contribution in [0.5, 0.6) is 0 Å². The third-order valence-electron chi connectivity index (χ3n) is 2.84. The number of nitriles is 1. The van der Waals surface area contributed by atoms with Crippen molar-refractivity contribution in [2.45, 2.75) is 6.10 Å². The van der Waals surface area contributed by atoms with Gasteiger partial charge in [-0.2, -0.15) is 5.26 Å². The van der Waals surface area contributed by atoms with Gasteiger partial charge in [-0.1, -0.05) is 23.7 Å². The van der Waals surface area contributed by atoms with E-state index in [-0.39, 0.29) is 12.2 Å². The zero-order chi connectivity index (χ0) is 14.5. The Morgan fingerprint density at radius 1 is 1.25 bits per heavy atom. The van der Waals surface area contributed by atoms with E-state index in [1.807, 2.05) is 6.07 Å². The third-order valence-corrected chi connectivity index (χ3v) is 3.07. The van der Waals surface area contributed by atoms with Gasteiger partial charge in [0.2, 0.25) is 0 Å². The average molecular weight is 291 g/mol. The molecule has 2 N–H and O–H groups in total. The number of aliphatic hydroxyl groups is 1. The summed E-state index contributed by atoms with van der Waals surface area (Å²) in [6.07, 6.45) is -0.805. The van der Waals surface area contributed by atoms with E-state index < -0.39 is 11.9 Å². The van der Waals surface area contributed by atoms with E-state index in [1.165, 1.54) is 18.2 Å². The fourth-order valence-corrected chi connectivity index (χ4v) is 1.91. The number of nitrogens with one attached hydrogen (secondary N) is 1. The maximum absolute atomic E-state index is 13.5. The molecule has 2 aromatic carbocycles. The van der Waals surface area contributed by atoms with Gasteiger partial charge in [-0.15, -0.1) is 0 Å². The Kier molecular flexibility index (Phi) is 4.57. The van der Waals surface area contributed by atoms with Gasteiger partial charge in [-0.3, -0.25) is 0 Å². The van der Waals surface area contributed by atoms with E-state index in [1.54, 1.807) is 24.3 Å². The van der Waals surface area contributed by atoms with Gasteiger partial charge in [0.25, 0.3) is 0 Å². The summed E-state index contributed by atoms with van der Waals surface area (Å²) in [5, 5.41) is 21.9. The van der Waals surface area contributed by atoms with Crippen molar-refractivity contribution in [2.75, 3.05) is 11.9 Å². The fourth-order valence-electron chi connectivity index (χ4n) is 1.74. The Morgan fingerprint density at radius 2 is 1.95 bits per heavy atom. The van der Waals surface area contributed by atoms with Crippen LogP contribution in [-0.2, 0) is 0 Å². The normalized spacial score (nSPS) is 11.7. The number of halogens is 2. The molecule has 0 bridgehead atoms. The van der Waals surface area contributed by atoms with Gasteiger partial charge in [0.1, 0.15) is 5.82 Å². The van der Waals surface area contributed by atoms with Crippen molar-refractivity contribution in [1.29, 1.82) is 5.26 Å². The quantitative estimate of drug-likeness (QED) is 0.906. The van der Waals surface area contributed by atoms with Crippen LogP contribution in [-0.4, -0.2) is 11.7 Å². The lowest BCUT2D eigenvalue weighted by molar-refractivity contribution is 0.191. The van der Waals surface area contributed by atoms with Crippen LogP contribution in [0.4, 0.5) is 10.1 Å². The molecule has 5 heteroatoms. The second kappa shape index (κ2) is 6.38. The monoisotopic (exact) mass is 290 g/mol. The topological polar surface area (TPSA) is 56.0 Å². The van der Waals surface area contributed by atoms with Crippen LogP contribution in [0.25, 0.3) is 0 Å². The largest absolute Gasteiger partial charge is 0.387 e. The zero-order valence-electron chi connectivity index (χ0n) is 10.5. The van der Waals surface area contributed by atoms with E-state index in [9.17, 15) is 9.50 Å². The molecule has 2 rings (SSSR count). The van der Waals surface area contributed by atoms with Gasteiger partial charge < -0.3 is 10.4 Å². The average Bonchev–Trinajstić information content (AvgIpc) is 2.48. The number of benzene rings is 2. The molecule has 0 saturated carbocycles. The first-order valence-corrected chi connectivity index (χ1v) is 6.35. The molecule has 0 heterocycles. The van der Waals surface area contributed by atoms with Crippen molar-refractivity contribution in [1.82, 2.24) is 0 Å². The molecule has 0 fully saturated rings. The molecule has 1 atom stereocenters. The lowest BCUT2D eigenvalue weighted by Crippen LogP contribution is -2.13.